The molecule has 3 amide bonds. The molecule has 2 heterocycles. The molecule has 41 heavy (non-hydrogen) atoms. The van der Waals surface area contributed by atoms with Gasteiger partial charge in [-0.25, -0.2) is 9.78 Å². The van der Waals surface area contributed by atoms with Crippen LogP contribution in [0.5, 0.6) is 0 Å². The average Bonchev–Trinajstić information content (AvgIpc) is 3.60. The van der Waals surface area contributed by atoms with E-state index in [9.17, 15) is 34.2 Å². The predicted octanol–water partition coefficient (Wildman–Crippen LogP) is -0.230. The van der Waals surface area contributed by atoms with Gasteiger partial charge in [-0.1, -0.05) is 18.2 Å². The van der Waals surface area contributed by atoms with Crippen LogP contribution in [0.3, 0.4) is 0 Å². The van der Waals surface area contributed by atoms with E-state index in [0.717, 1.165) is 10.9 Å². The molecule has 220 valence electrons. The Bertz CT molecular complexity index is 1360. The topological polar surface area (TPSA) is 232 Å². The first-order valence-electron chi connectivity index (χ1n) is 12.7. The normalized spacial score (nSPS) is 14.0. The van der Waals surface area contributed by atoms with Gasteiger partial charge in [0.25, 0.3) is 0 Å². The number of carbonyl (C=O) groups is 5. The Morgan fingerprint density at radius 1 is 0.951 bits per heavy atom. The average molecular weight is 588 g/mol. The van der Waals surface area contributed by atoms with Gasteiger partial charge in [-0.3, -0.25) is 19.2 Å². The number of nitrogens with one attached hydrogen (secondary N) is 5. The Morgan fingerprint density at radius 3 is 2.29 bits per heavy atom. The van der Waals surface area contributed by atoms with Crippen molar-refractivity contribution < 1.29 is 34.2 Å². The summed E-state index contributed by atoms with van der Waals surface area (Å²) in [5.74, 6) is -4.56. The number of benzene rings is 1. The van der Waals surface area contributed by atoms with Gasteiger partial charge in [0.05, 0.1) is 18.8 Å². The van der Waals surface area contributed by atoms with Gasteiger partial charge in [-0.2, -0.15) is 11.8 Å². The molecule has 1 aromatic carbocycles. The monoisotopic (exact) mass is 587 g/mol. The van der Waals surface area contributed by atoms with E-state index in [-0.39, 0.29) is 12.8 Å². The van der Waals surface area contributed by atoms with Crippen molar-refractivity contribution in [1.29, 1.82) is 0 Å². The first kappa shape index (κ1) is 31.2. The molecule has 0 aliphatic carbocycles. The second-order valence-corrected chi connectivity index (χ2v) is 10.3. The highest BCUT2D eigenvalue weighted by atomic mass is 32.2. The molecule has 9 N–H and O–H groups in total. The second-order valence-electron chi connectivity index (χ2n) is 9.35. The van der Waals surface area contributed by atoms with Crippen LogP contribution < -0.4 is 21.7 Å². The number of rotatable bonds is 16. The number of aromatic nitrogens is 3. The molecule has 0 radical (unpaired) electrons. The lowest BCUT2D eigenvalue weighted by atomic mass is 10.0. The summed E-state index contributed by atoms with van der Waals surface area (Å²) in [6, 6.07) is 2.19. The molecule has 0 aliphatic rings. The fourth-order valence-corrected chi connectivity index (χ4v) is 4.62. The Hall–Kier alpha value is -4.37. The number of aromatic amines is 2. The summed E-state index contributed by atoms with van der Waals surface area (Å²) in [7, 11) is 0. The number of carboxylic acid groups (broad SMARTS) is 2. The molecule has 3 rings (SSSR count). The molecule has 0 fully saturated rings. The van der Waals surface area contributed by atoms with Crippen LogP contribution in [-0.4, -0.2) is 91.0 Å². The number of amides is 3. The maximum Gasteiger partial charge on any atom is 0.326 e. The summed E-state index contributed by atoms with van der Waals surface area (Å²) >= 11 is 1.51. The van der Waals surface area contributed by atoms with Gasteiger partial charge in [0.1, 0.15) is 18.1 Å². The first-order chi connectivity index (χ1) is 19.6. The summed E-state index contributed by atoms with van der Waals surface area (Å²) in [5.41, 5.74) is 7.94. The minimum absolute atomic E-state index is 0.00974. The highest BCUT2D eigenvalue weighted by molar-refractivity contribution is 7.98. The van der Waals surface area contributed by atoms with Crippen LogP contribution in [-0.2, 0) is 36.8 Å². The zero-order valence-corrected chi connectivity index (χ0v) is 23.1. The number of H-pyrrole nitrogens is 2. The number of para-hydroxylation sites is 1. The molecule has 0 bridgehead atoms. The lowest BCUT2D eigenvalue weighted by Crippen LogP contribution is -2.58. The summed E-state index contributed by atoms with van der Waals surface area (Å²) in [5, 5.41) is 27.1. The number of nitrogens with two attached hydrogens (primary N) is 1. The number of fused-ring (bicyclic) bond motifs is 1. The van der Waals surface area contributed by atoms with Crippen molar-refractivity contribution in [3.05, 3.63) is 54.2 Å². The molecule has 15 heteroatoms. The van der Waals surface area contributed by atoms with Crippen molar-refractivity contribution in [3.8, 4) is 0 Å². The fourth-order valence-electron chi connectivity index (χ4n) is 4.13. The smallest absolute Gasteiger partial charge is 0.326 e. The van der Waals surface area contributed by atoms with E-state index in [2.05, 4.69) is 30.9 Å². The number of thioether (sulfide) groups is 1. The van der Waals surface area contributed by atoms with Crippen LogP contribution >= 0.6 is 11.8 Å². The van der Waals surface area contributed by atoms with Crippen LogP contribution in [0, 0.1) is 0 Å². The summed E-state index contributed by atoms with van der Waals surface area (Å²) in [6.45, 7) is 0. The van der Waals surface area contributed by atoms with Gasteiger partial charge in [0.2, 0.25) is 17.7 Å². The molecule has 4 unspecified atom stereocenters. The zero-order valence-electron chi connectivity index (χ0n) is 22.3. The Balaban J connectivity index is 1.81. The van der Waals surface area contributed by atoms with Gasteiger partial charge in [0.15, 0.2) is 0 Å². The minimum Gasteiger partial charge on any atom is -0.481 e. The van der Waals surface area contributed by atoms with Crippen LogP contribution in [0.15, 0.2) is 43.0 Å². The van der Waals surface area contributed by atoms with E-state index in [4.69, 9.17) is 5.73 Å². The SMILES string of the molecule is CSCCC(N)C(=O)NC(Cc1c[nH]c2ccccc12)C(=O)NC(CC(=O)O)C(=O)NC(Cc1cnc[nH]1)C(=O)O. The predicted molar refractivity (Wildman–Crippen MR) is 151 cm³/mol. The highest BCUT2D eigenvalue weighted by Crippen LogP contribution is 2.19. The standard InChI is InChI=1S/C26H33N7O7S/c1-41-7-6-17(27)23(36)31-19(8-14-11-29-18-5-3-2-4-16(14)18)24(37)32-20(10-22(34)35)25(38)33-21(26(39)40)9-15-12-28-13-30-15/h2-5,11-13,17,19-21,29H,6-10,27H2,1H3,(H,28,30)(H,31,36)(H,32,37)(H,33,38)(H,34,35)(H,39,40). The molecule has 4 atom stereocenters. The van der Waals surface area contributed by atoms with Crippen molar-refractivity contribution >= 4 is 52.3 Å². The first-order valence-corrected chi connectivity index (χ1v) is 14.1. The lowest BCUT2D eigenvalue weighted by molar-refractivity contribution is -0.143. The fraction of sp³-hybridized carbons (Fsp3) is 0.385. The van der Waals surface area contributed by atoms with Crippen molar-refractivity contribution in [2.24, 2.45) is 5.73 Å². The number of carbonyl (C=O) groups excluding carboxylic acids is 3. The number of carboxylic acids is 2. The van der Waals surface area contributed by atoms with Crippen LogP contribution in [0.1, 0.15) is 24.1 Å². The van der Waals surface area contributed by atoms with Crippen molar-refractivity contribution in [3.63, 3.8) is 0 Å². The molecule has 0 aliphatic heterocycles. The van der Waals surface area contributed by atoms with Gasteiger partial charge in [-0.15, -0.1) is 0 Å². The molecule has 2 aromatic heterocycles. The van der Waals surface area contributed by atoms with Crippen molar-refractivity contribution in [1.82, 2.24) is 30.9 Å². The second kappa shape index (κ2) is 14.9. The molecular weight excluding hydrogens is 554 g/mol. The van der Waals surface area contributed by atoms with Crippen molar-refractivity contribution in [2.75, 3.05) is 12.0 Å². The molecule has 3 aromatic rings. The van der Waals surface area contributed by atoms with Crippen molar-refractivity contribution in [2.45, 2.75) is 49.9 Å². The van der Waals surface area contributed by atoms with Crippen LogP contribution in [0.2, 0.25) is 0 Å². The third-order valence-corrected chi connectivity index (χ3v) is 6.95. The summed E-state index contributed by atoms with van der Waals surface area (Å²) in [6.07, 6.45) is 5.70. The lowest BCUT2D eigenvalue weighted by Gasteiger charge is -2.24. The van der Waals surface area contributed by atoms with Gasteiger partial charge in [-0.05, 0) is 30.1 Å². The maximum atomic E-state index is 13.5. The van der Waals surface area contributed by atoms with Gasteiger partial charge < -0.3 is 41.9 Å². The summed E-state index contributed by atoms with van der Waals surface area (Å²) < 4.78 is 0. The van der Waals surface area contributed by atoms with Gasteiger partial charge >= 0.3 is 11.9 Å². The number of aliphatic carboxylic acids is 2. The van der Waals surface area contributed by atoms with E-state index < -0.39 is 60.2 Å². The largest absolute Gasteiger partial charge is 0.481 e. The third kappa shape index (κ3) is 9.08. The Kier molecular flexibility index (Phi) is 11.3. The molecule has 0 saturated heterocycles. The molecule has 0 saturated carbocycles. The van der Waals surface area contributed by atoms with E-state index in [1.54, 1.807) is 6.20 Å². The summed E-state index contributed by atoms with van der Waals surface area (Å²) in [4.78, 5) is 72.3. The van der Waals surface area contributed by atoms with Crippen LogP contribution in [0.25, 0.3) is 10.9 Å². The Morgan fingerprint density at radius 2 is 1.63 bits per heavy atom. The van der Waals surface area contributed by atoms with E-state index in [1.807, 2.05) is 30.5 Å². The number of imidazole rings is 1. The molecule has 0 spiro atoms. The van der Waals surface area contributed by atoms with E-state index in [1.165, 1.54) is 24.3 Å². The van der Waals surface area contributed by atoms with E-state index >= 15 is 0 Å². The quantitative estimate of drug-likeness (QED) is 0.110. The zero-order chi connectivity index (χ0) is 29.9. The highest BCUT2D eigenvalue weighted by Gasteiger charge is 2.32. The Labute approximate surface area is 239 Å². The minimum atomic E-state index is -1.63. The molecular formula is C26H33N7O7S. The number of nitrogens with zero attached hydrogens (tertiary/aromatic N) is 1. The van der Waals surface area contributed by atoms with Gasteiger partial charge in [0, 0.05) is 41.8 Å². The number of hydrogen-bond acceptors (Lipinski definition) is 8. The third-order valence-electron chi connectivity index (χ3n) is 6.31. The van der Waals surface area contributed by atoms with E-state index in [0.29, 0.717) is 23.4 Å². The number of hydrogen-bond donors (Lipinski definition) is 8. The molecule has 14 nitrogen and oxygen atoms in total. The van der Waals surface area contributed by atoms with Crippen LogP contribution in [0.4, 0.5) is 0 Å². The maximum absolute atomic E-state index is 13.5.